The molecule has 1 aromatic rings. The van der Waals surface area contributed by atoms with Gasteiger partial charge in [-0.2, -0.15) is 0 Å². The number of rotatable bonds is 3. The summed E-state index contributed by atoms with van der Waals surface area (Å²) in [6.07, 6.45) is -1.17. The molecular weight excluding hydrogens is 295 g/mol. The molecule has 0 aliphatic heterocycles. The lowest BCUT2D eigenvalue weighted by Gasteiger charge is -2.09. The fraction of sp³-hybridized carbons (Fsp3) is 0.300. The van der Waals surface area contributed by atoms with Gasteiger partial charge in [0.15, 0.2) is 6.10 Å². The van der Waals surface area contributed by atoms with Crippen molar-refractivity contribution in [3.8, 4) is 0 Å². The van der Waals surface area contributed by atoms with Gasteiger partial charge >= 0.3 is 5.97 Å². The zero-order valence-corrected chi connectivity index (χ0v) is 9.89. The third kappa shape index (κ3) is 2.95. The van der Waals surface area contributed by atoms with Gasteiger partial charge in [-0.3, -0.25) is 0 Å². The second-order valence-corrected chi connectivity index (χ2v) is 3.95. The number of carbonyl (C=O) groups is 1. The number of halogens is 1. The summed E-state index contributed by atoms with van der Waals surface area (Å²) < 4.78 is 5.76. The minimum Gasteiger partial charge on any atom is -0.464 e. The first-order valence-electron chi connectivity index (χ1n) is 4.25. The molecule has 0 saturated carbocycles. The van der Waals surface area contributed by atoms with E-state index in [0.717, 1.165) is 3.57 Å². The predicted octanol–water partition coefficient (Wildman–Crippen LogP) is 1.89. The fourth-order valence-corrected chi connectivity index (χ4v) is 1.36. The minimum atomic E-state index is -1.17. The van der Waals surface area contributed by atoms with E-state index in [0.29, 0.717) is 5.56 Å². The molecule has 0 fully saturated rings. The van der Waals surface area contributed by atoms with E-state index in [1.165, 1.54) is 0 Å². The summed E-state index contributed by atoms with van der Waals surface area (Å²) in [6.45, 7) is 1.98. The average molecular weight is 306 g/mol. The van der Waals surface area contributed by atoms with E-state index >= 15 is 0 Å². The van der Waals surface area contributed by atoms with Crippen molar-refractivity contribution < 1.29 is 14.6 Å². The normalized spacial score (nSPS) is 12.2. The highest BCUT2D eigenvalue weighted by Crippen LogP contribution is 2.15. The molecule has 0 spiro atoms. The highest BCUT2D eigenvalue weighted by Gasteiger charge is 2.17. The number of hydrogen-bond donors (Lipinski definition) is 1. The van der Waals surface area contributed by atoms with Gasteiger partial charge in [-0.1, -0.05) is 12.1 Å². The topological polar surface area (TPSA) is 46.5 Å². The van der Waals surface area contributed by atoms with Crippen molar-refractivity contribution in [2.75, 3.05) is 6.61 Å². The Morgan fingerprint density at radius 1 is 1.50 bits per heavy atom. The van der Waals surface area contributed by atoms with Gasteiger partial charge in [0.05, 0.1) is 6.61 Å². The van der Waals surface area contributed by atoms with Gasteiger partial charge in [-0.05, 0) is 47.2 Å². The summed E-state index contributed by atoms with van der Waals surface area (Å²) in [7, 11) is 0. The number of aliphatic hydroxyl groups is 1. The van der Waals surface area contributed by atoms with Crippen LogP contribution in [0.1, 0.15) is 18.6 Å². The molecule has 0 saturated heterocycles. The van der Waals surface area contributed by atoms with E-state index < -0.39 is 12.1 Å². The van der Waals surface area contributed by atoms with Crippen LogP contribution >= 0.6 is 22.6 Å². The number of carbonyl (C=O) groups excluding carboxylic acids is 1. The first-order valence-corrected chi connectivity index (χ1v) is 5.33. The molecule has 0 heterocycles. The largest absolute Gasteiger partial charge is 0.464 e. The second-order valence-electron chi connectivity index (χ2n) is 2.71. The lowest BCUT2D eigenvalue weighted by atomic mass is 10.1. The average Bonchev–Trinajstić information content (AvgIpc) is 2.18. The molecule has 1 unspecified atom stereocenters. The van der Waals surface area contributed by atoms with Crippen molar-refractivity contribution in [3.63, 3.8) is 0 Å². The molecule has 3 nitrogen and oxygen atoms in total. The molecular formula is C10H11IO3. The maximum atomic E-state index is 11.2. The molecule has 0 aromatic heterocycles. The van der Waals surface area contributed by atoms with Crippen LogP contribution in [0.4, 0.5) is 0 Å². The van der Waals surface area contributed by atoms with Gasteiger partial charge in [0.1, 0.15) is 0 Å². The Balaban J connectivity index is 2.73. The van der Waals surface area contributed by atoms with Crippen molar-refractivity contribution in [2.45, 2.75) is 13.0 Å². The molecule has 0 aliphatic carbocycles. The summed E-state index contributed by atoms with van der Waals surface area (Å²) in [5.74, 6) is -0.603. The number of hydrogen-bond acceptors (Lipinski definition) is 3. The number of aliphatic hydroxyl groups excluding tert-OH is 1. The summed E-state index contributed by atoms with van der Waals surface area (Å²) in [6, 6.07) is 7.09. The standard InChI is InChI=1S/C10H11IO3/c1-2-14-10(13)9(12)7-3-5-8(11)6-4-7/h3-6,9,12H,2H2,1H3. The van der Waals surface area contributed by atoms with Crippen molar-refractivity contribution in [3.05, 3.63) is 33.4 Å². The molecule has 4 heteroatoms. The Labute approximate surface area is 96.2 Å². The van der Waals surface area contributed by atoms with Crippen LogP contribution in [0.3, 0.4) is 0 Å². The van der Waals surface area contributed by atoms with Crippen LogP contribution in [-0.4, -0.2) is 17.7 Å². The second kappa shape index (κ2) is 5.31. The lowest BCUT2D eigenvalue weighted by molar-refractivity contribution is -0.153. The summed E-state index contributed by atoms with van der Waals surface area (Å²) in [4.78, 5) is 11.2. The first-order chi connectivity index (χ1) is 6.65. The van der Waals surface area contributed by atoms with Crippen molar-refractivity contribution in [1.82, 2.24) is 0 Å². The summed E-state index contributed by atoms with van der Waals surface area (Å²) >= 11 is 2.16. The maximum absolute atomic E-state index is 11.2. The number of esters is 1. The van der Waals surface area contributed by atoms with Gasteiger partial charge < -0.3 is 9.84 Å². The van der Waals surface area contributed by atoms with Gasteiger partial charge in [0.2, 0.25) is 0 Å². The van der Waals surface area contributed by atoms with Crippen molar-refractivity contribution in [2.24, 2.45) is 0 Å². The van der Waals surface area contributed by atoms with Gasteiger partial charge in [0.25, 0.3) is 0 Å². The van der Waals surface area contributed by atoms with Crippen LogP contribution in [0.15, 0.2) is 24.3 Å². The smallest absolute Gasteiger partial charge is 0.339 e. The summed E-state index contributed by atoms with van der Waals surface area (Å²) in [5, 5.41) is 9.53. The molecule has 0 amide bonds. The fourth-order valence-electron chi connectivity index (χ4n) is 1.00. The van der Waals surface area contributed by atoms with E-state index in [9.17, 15) is 9.90 Å². The molecule has 1 N–H and O–H groups in total. The van der Waals surface area contributed by atoms with E-state index in [-0.39, 0.29) is 6.61 Å². The SMILES string of the molecule is CCOC(=O)C(O)c1ccc(I)cc1. The van der Waals surface area contributed by atoms with E-state index in [1.54, 1.807) is 19.1 Å². The van der Waals surface area contributed by atoms with Crippen LogP contribution in [0, 0.1) is 3.57 Å². The van der Waals surface area contributed by atoms with Gasteiger partial charge in [-0.15, -0.1) is 0 Å². The number of benzene rings is 1. The Hall–Kier alpha value is -0.620. The summed E-state index contributed by atoms with van der Waals surface area (Å²) in [5.41, 5.74) is 0.559. The Morgan fingerprint density at radius 2 is 2.07 bits per heavy atom. The Morgan fingerprint density at radius 3 is 2.57 bits per heavy atom. The zero-order valence-electron chi connectivity index (χ0n) is 7.74. The van der Waals surface area contributed by atoms with Crippen molar-refractivity contribution >= 4 is 28.6 Å². The predicted molar refractivity (Wildman–Crippen MR) is 60.8 cm³/mol. The molecule has 0 radical (unpaired) electrons. The molecule has 0 bridgehead atoms. The Kier molecular flexibility index (Phi) is 4.34. The first kappa shape index (κ1) is 11.5. The molecule has 76 valence electrons. The molecule has 14 heavy (non-hydrogen) atoms. The molecule has 1 aromatic carbocycles. The zero-order chi connectivity index (χ0) is 10.6. The van der Waals surface area contributed by atoms with E-state index in [4.69, 9.17) is 4.74 Å². The molecule has 1 atom stereocenters. The van der Waals surface area contributed by atoms with Crippen LogP contribution in [0.2, 0.25) is 0 Å². The maximum Gasteiger partial charge on any atom is 0.339 e. The van der Waals surface area contributed by atoms with E-state index in [1.807, 2.05) is 12.1 Å². The van der Waals surface area contributed by atoms with Crippen LogP contribution in [0.25, 0.3) is 0 Å². The third-order valence-electron chi connectivity index (χ3n) is 1.70. The minimum absolute atomic E-state index is 0.278. The molecule has 0 aliphatic rings. The van der Waals surface area contributed by atoms with Gasteiger partial charge in [-0.25, -0.2) is 4.79 Å². The van der Waals surface area contributed by atoms with Crippen LogP contribution < -0.4 is 0 Å². The van der Waals surface area contributed by atoms with Crippen LogP contribution in [0.5, 0.6) is 0 Å². The Bertz CT molecular complexity index is 308. The quantitative estimate of drug-likeness (QED) is 0.685. The molecule has 1 rings (SSSR count). The monoisotopic (exact) mass is 306 g/mol. The third-order valence-corrected chi connectivity index (χ3v) is 2.41. The van der Waals surface area contributed by atoms with E-state index in [2.05, 4.69) is 22.6 Å². The van der Waals surface area contributed by atoms with Crippen LogP contribution in [-0.2, 0) is 9.53 Å². The highest BCUT2D eigenvalue weighted by atomic mass is 127. The highest BCUT2D eigenvalue weighted by molar-refractivity contribution is 14.1. The number of ether oxygens (including phenoxy) is 1. The lowest BCUT2D eigenvalue weighted by Crippen LogP contribution is -2.15. The van der Waals surface area contributed by atoms with Crippen molar-refractivity contribution in [1.29, 1.82) is 0 Å². The van der Waals surface area contributed by atoms with Gasteiger partial charge in [0, 0.05) is 3.57 Å².